The van der Waals surface area contributed by atoms with Gasteiger partial charge in [-0.2, -0.15) is 0 Å². The third kappa shape index (κ3) is 8.13. The molecule has 170 valence electrons. The topological polar surface area (TPSA) is 74.3 Å². The number of amides is 2. The number of halogens is 2. The summed E-state index contributed by atoms with van der Waals surface area (Å²) >= 11 is 0. The van der Waals surface area contributed by atoms with Crippen molar-refractivity contribution in [3.8, 4) is 0 Å². The van der Waals surface area contributed by atoms with Crippen molar-refractivity contribution in [2.24, 2.45) is 5.92 Å². The van der Waals surface area contributed by atoms with Gasteiger partial charge in [-0.1, -0.05) is 30.3 Å². The zero-order chi connectivity index (χ0) is 20.5. The van der Waals surface area contributed by atoms with Gasteiger partial charge in [-0.15, -0.1) is 24.8 Å². The molecule has 2 N–H and O–H groups in total. The van der Waals surface area contributed by atoms with Crippen LogP contribution in [0.2, 0.25) is 0 Å². The maximum Gasteiger partial charge on any atom is 0.253 e. The lowest BCUT2D eigenvalue weighted by atomic mass is 9.93. The number of carbonyl (C=O) groups excluding carboxylic acids is 2. The van der Waals surface area contributed by atoms with Crippen LogP contribution < -0.4 is 10.6 Å². The molecule has 2 amide bonds. The molecular formula is C23H32Cl2N4O2. The number of carbonyl (C=O) groups is 2. The number of piperidine rings is 1. The largest absolute Gasteiger partial charge is 0.341 e. The van der Waals surface area contributed by atoms with Crippen molar-refractivity contribution in [3.05, 3.63) is 66.0 Å². The first-order chi connectivity index (χ1) is 14.2. The molecule has 2 aromatic rings. The lowest BCUT2D eigenvalue weighted by molar-refractivity contribution is -0.134. The minimum absolute atomic E-state index is 0. The van der Waals surface area contributed by atoms with E-state index in [2.05, 4.69) is 15.6 Å². The summed E-state index contributed by atoms with van der Waals surface area (Å²) in [5.74, 6) is 0.388. The molecule has 31 heavy (non-hydrogen) atoms. The lowest BCUT2D eigenvalue weighted by Crippen LogP contribution is -2.51. The molecule has 1 aliphatic rings. The number of nitrogens with one attached hydrogen (secondary N) is 2. The van der Waals surface area contributed by atoms with Gasteiger partial charge in [0.1, 0.15) is 6.04 Å². The molecule has 6 nitrogen and oxygen atoms in total. The van der Waals surface area contributed by atoms with Gasteiger partial charge < -0.3 is 15.5 Å². The van der Waals surface area contributed by atoms with E-state index >= 15 is 0 Å². The van der Waals surface area contributed by atoms with Gasteiger partial charge in [0, 0.05) is 31.9 Å². The van der Waals surface area contributed by atoms with Crippen molar-refractivity contribution < 1.29 is 9.59 Å². The number of hydrogen-bond acceptors (Lipinski definition) is 4. The standard InChI is InChI=1S/C23H30N4O2.2ClH/c1-24-13-9-18-10-14-27(15-11-18)23(29)21(16-19-6-3-2-4-7-19)26-22(28)20-8-5-12-25-17-20;;/h2-8,12,17-18,21,24H,9-11,13-16H2,1H3,(H,26,28);2*1H. The smallest absolute Gasteiger partial charge is 0.253 e. The highest BCUT2D eigenvalue weighted by atomic mass is 35.5. The Balaban J connectivity index is 0.00000240. The van der Waals surface area contributed by atoms with Crippen LogP contribution in [-0.2, 0) is 11.2 Å². The van der Waals surface area contributed by atoms with E-state index in [1.165, 1.54) is 6.20 Å². The molecule has 1 atom stereocenters. The normalized spacial score (nSPS) is 14.7. The quantitative estimate of drug-likeness (QED) is 0.626. The lowest BCUT2D eigenvalue weighted by Gasteiger charge is -2.34. The summed E-state index contributed by atoms with van der Waals surface area (Å²) in [6, 6.07) is 12.7. The number of pyridine rings is 1. The highest BCUT2D eigenvalue weighted by Crippen LogP contribution is 2.21. The van der Waals surface area contributed by atoms with Crippen LogP contribution in [0.5, 0.6) is 0 Å². The van der Waals surface area contributed by atoms with Crippen molar-refractivity contribution in [1.29, 1.82) is 0 Å². The van der Waals surface area contributed by atoms with E-state index in [1.54, 1.807) is 18.3 Å². The molecule has 2 heterocycles. The molecule has 3 rings (SSSR count). The van der Waals surface area contributed by atoms with Crippen molar-refractivity contribution >= 4 is 36.6 Å². The number of nitrogens with zero attached hydrogens (tertiary/aromatic N) is 2. The van der Waals surface area contributed by atoms with Gasteiger partial charge in [0.2, 0.25) is 5.91 Å². The van der Waals surface area contributed by atoms with E-state index in [-0.39, 0.29) is 36.6 Å². The second-order valence-electron chi connectivity index (χ2n) is 7.62. The number of benzene rings is 1. The maximum atomic E-state index is 13.3. The monoisotopic (exact) mass is 466 g/mol. The Morgan fingerprint density at radius 1 is 1.10 bits per heavy atom. The summed E-state index contributed by atoms with van der Waals surface area (Å²) < 4.78 is 0. The van der Waals surface area contributed by atoms with E-state index < -0.39 is 6.04 Å². The third-order valence-electron chi connectivity index (χ3n) is 5.54. The Bertz CT molecular complexity index is 785. The SMILES string of the molecule is CNCCC1CCN(C(=O)C(Cc2ccccc2)NC(=O)c2cccnc2)CC1.Cl.Cl. The van der Waals surface area contributed by atoms with Gasteiger partial charge in [0.25, 0.3) is 5.91 Å². The molecule has 0 bridgehead atoms. The maximum absolute atomic E-state index is 13.3. The molecule has 1 saturated heterocycles. The van der Waals surface area contributed by atoms with E-state index in [9.17, 15) is 9.59 Å². The van der Waals surface area contributed by atoms with E-state index in [4.69, 9.17) is 0 Å². The van der Waals surface area contributed by atoms with Gasteiger partial charge in [-0.3, -0.25) is 14.6 Å². The average Bonchev–Trinajstić information content (AvgIpc) is 2.78. The highest BCUT2D eigenvalue weighted by molar-refractivity contribution is 5.97. The van der Waals surface area contributed by atoms with Crippen LogP contribution in [0, 0.1) is 5.92 Å². The predicted octanol–water partition coefficient (Wildman–Crippen LogP) is 3.11. The Labute approximate surface area is 197 Å². The number of hydrogen-bond donors (Lipinski definition) is 2. The Kier molecular flexibility index (Phi) is 12.2. The van der Waals surface area contributed by atoms with E-state index in [0.717, 1.165) is 44.5 Å². The van der Waals surface area contributed by atoms with Gasteiger partial charge in [0.15, 0.2) is 0 Å². The summed E-state index contributed by atoms with van der Waals surface area (Å²) in [5, 5.41) is 6.14. The molecular weight excluding hydrogens is 435 g/mol. The molecule has 1 unspecified atom stereocenters. The number of rotatable bonds is 8. The summed E-state index contributed by atoms with van der Waals surface area (Å²) in [6.07, 6.45) is 6.80. The fourth-order valence-electron chi connectivity index (χ4n) is 3.80. The summed E-state index contributed by atoms with van der Waals surface area (Å²) in [4.78, 5) is 31.9. The summed E-state index contributed by atoms with van der Waals surface area (Å²) in [6.45, 7) is 2.51. The first-order valence-electron chi connectivity index (χ1n) is 10.4. The van der Waals surface area contributed by atoms with Crippen molar-refractivity contribution in [2.75, 3.05) is 26.7 Å². The minimum Gasteiger partial charge on any atom is -0.341 e. The molecule has 1 aromatic carbocycles. The van der Waals surface area contributed by atoms with Crippen molar-refractivity contribution in [1.82, 2.24) is 20.5 Å². The third-order valence-corrected chi connectivity index (χ3v) is 5.54. The zero-order valence-electron chi connectivity index (χ0n) is 17.8. The van der Waals surface area contributed by atoms with Crippen LogP contribution in [0.1, 0.15) is 35.2 Å². The van der Waals surface area contributed by atoms with Crippen LogP contribution in [0.4, 0.5) is 0 Å². The van der Waals surface area contributed by atoms with E-state index in [1.807, 2.05) is 42.3 Å². The molecule has 1 aromatic heterocycles. The zero-order valence-corrected chi connectivity index (χ0v) is 19.5. The molecule has 0 aliphatic carbocycles. The van der Waals surface area contributed by atoms with Crippen LogP contribution in [0.15, 0.2) is 54.9 Å². The van der Waals surface area contributed by atoms with E-state index in [0.29, 0.717) is 17.9 Å². The van der Waals surface area contributed by atoms with Gasteiger partial charge in [-0.05, 0) is 56.5 Å². The van der Waals surface area contributed by atoms with Gasteiger partial charge in [-0.25, -0.2) is 0 Å². The molecule has 0 spiro atoms. The van der Waals surface area contributed by atoms with Crippen molar-refractivity contribution in [3.63, 3.8) is 0 Å². The fourth-order valence-corrected chi connectivity index (χ4v) is 3.80. The van der Waals surface area contributed by atoms with Gasteiger partial charge >= 0.3 is 0 Å². The highest BCUT2D eigenvalue weighted by Gasteiger charge is 2.29. The van der Waals surface area contributed by atoms with Crippen LogP contribution in [0.3, 0.4) is 0 Å². The van der Waals surface area contributed by atoms with Crippen LogP contribution in [0.25, 0.3) is 0 Å². The number of aromatic nitrogens is 1. The number of likely N-dealkylation sites (tertiary alicyclic amines) is 1. The second-order valence-corrected chi connectivity index (χ2v) is 7.62. The predicted molar refractivity (Wildman–Crippen MR) is 128 cm³/mol. The fraction of sp³-hybridized carbons (Fsp3) is 0.435. The molecule has 1 aliphatic heterocycles. The molecule has 8 heteroatoms. The minimum atomic E-state index is -0.584. The molecule has 0 saturated carbocycles. The van der Waals surface area contributed by atoms with Crippen LogP contribution >= 0.6 is 24.8 Å². The van der Waals surface area contributed by atoms with Crippen LogP contribution in [-0.4, -0.2) is 54.4 Å². The summed E-state index contributed by atoms with van der Waals surface area (Å²) in [7, 11) is 1.97. The van der Waals surface area contributed by atoms with Crippen molar-refractivity contribution in [2.45, 2.75) is 31.7 Å². The van der Waals surface area contributed by atoms with Gasteiger partial charge in [0.05, 0.1) is 5.56 Å². The average molecular weight is 467 g/mol. The second kappa shape index (κ2) is 14.0. The first-order valence-corrected chi connectivity index (χ1v) is 10.4. The Hall–Kier alpha value is -2.15. The Morgan fingerprint density at radius 3 is 2.42 bits per heavy atom. The summed E-state index contributed by atoms with van der Waals surface area (Å²) in [5.41, 5.74) is 1.49. The molecule has 0 radical (unpaired) electrons. The first kappa shape index (κ1) is 26.9. The Morgan fingerprint density at radius 2 is 1.81 bits per heavy atom. The molecule has 1 fully saturated rings.